The van der Waals surface area contributed by atoms with Gasteiger partial charge in [-0.05, 0) is 18.1 Å². The second kappa shape index (κ2) is 5.04. The summed E-state index contributed by atoms with van der Waals surface area (Å²) in [6.45, 7) is 2.00. The number of carbonyl (C=O) groups is 2. The zero-order chi connectivity index (χ0) is 16.1. The molecule has 1 heterocycles. The van der Waals surface area contributed by atoms with E-state index in [1.54, 1.807) is 31.3 Å². The fourth-order valence-electron chi connectivity index (χ4n) is 3.62. The van der Waals surface area contributed by atoms with Crippen LogP contribution in [0.25, 0.3) is 0 Å². The molecule has 1 fully saturated rings. The van der Waals surface area contributed by atoms with Gasteiger partial charge in [-0.3, -0.25) is 9.59 Å². The zero-order valence-electron chi connectivity index (χ0n) is 12.4. The third-order valence-corrected chi connectivity index (χ3v) is 4.61. The van der Waals surface area contributed by atoms with Crippen LogP contribution in [0.5, 0.6) is 0 Å². The molecule has 6 heteroatoms. The zero-order valence-corrected chi connectivity index (χ0v) is 12.4. The first-order chi connectivity index (χ1) is 10.5. The largest absolute Gasteiger partial charge is 0.465 e. The van der Waals surface area contributed by atoms with Gasteiger partial charge in [0, 0.05) is 12.7 Å². The van der Waals surface area contributed by atoms with Crippen molar-refractivity contribution in [2.24, 2.45) is 11.8 Å². The summed E-state index contributed by atoms with van der Waals surface area (Å²) in [6, 6.07) is 6.80. The van der Waals surface area contributed by atoms with Crippen molar-refractivity contribution >= 4 is 17.6 Å². The average Bonchev–Trinajstić information content (AvgIpc) is 3.17. The first-order valence-electron chi connectivity index (χ1n) is 7.30. The van der Waals surface area contributed by atoms with Gasteiger partial charge in [-0.25, -0.2) is 8.78 Å². The lowest BCUT2D eigenvalue weighted by atomic mass is 9.93. The van der Waals surface area contributed by atoms with Gasteiger partial charge < -0.3 is 9.64 Å². The van der Waals surface area contributed by atoms with E-state index in [1.807, 2.05) is 6.92 Å². The lowest BCUT2D eigenvalue weighted by Gasteiger charge is -2.11. The lowest BCUT2D eigenvalue weighted by Crippen LogP contribution is -2.32. The molecule has 0 radical (unpaired) electrons. The summed E-state index contributed by atoms with van der Waals surface area (Å²) >= 11 is 0. The summed E-state index contributed by atoms with van der Waals surface area (Å²) in [7, 11) is 1.55. The summed E-state index contributed by atoms with van der Waals surface area (Å²) in [5, 5.41) is 0. The van der Waals surface area contributed by atoms with Crippen molar-refractivity contribution in [2.45, 2.75) is 25.2 Å². The second-order valence-corrected chi connectivity index (χ2v) is 5.76. The Kier molecular flexibility index (Phi) is 3.42. The van der Waals surface area contributed by atoms with Crippen LogP contribution < -0.4 is 4.90 Å². The maximum Gasteiger partial charge on any atom is 0.310 e. The number of nitrogens with zero attached hydrogens (tertiary/aromatic N) is 1. The molecule has 1 spiro atoms. The molecule has 1 amide bonds. The third kappa shape index (κ3) is 1.72. The van der Waals surface area contributed by atoms with Crippen LogP contribution >= 0.6 is 0 Å². The highest BCUT2D eigenvalue weighted by atomic mass is 19.3. The van der Waals surface area contributed by atoms with Crippen LogP contribution in [0, 0.1) is 11.8 Å². The molecule has 3 rings (SSSR count). The first-order valence-corrected chi connectivity index (χ1v) is 7.30. The van der Waals surface area contributed by atoms with Crippen LogP contribution in [0.3, 0.4) is 0 Å². The SMILES string of the molecule is CCCOC(=O)[C@H]1[C@H](C(F)F)[C@]12C(=O)N(C)c1ccccc12. The van der Waals surface area contributed by atoms with E-state index in [0.717, 1.165) is 0 Å². The van der Waals surface area contributed by atoms with Crippen LogP contribution in [0.15, 0.2) is 24.3 Å². The number of para-hydroxylation sites is 1. The fraction of sp³-hybridized carbons (Fsp3) is 0.500. The Balaban J connectivity index is 2.04. The Labute approximate surface area is 127 Å². The minimum atomic E-state index is -2.75. The number of hydrogen-bond acceptors (Lipinski definition) is 3. The number of rotatable bonds is 4. The highest BCUT2D eigenvalue weighted by Gasteiger charge is 2.80. The van der Waals surface area contributed by atoms with Gasteiger partial charge in [0.2, 0.25) is 12.3 Å². The molecule has 1 aliphatic carbocycles. The quantitative estimate of drug-likeness (QED) is 0.802. The average molecular weight is 309 g/mol. The molecular weight excluding hydrogens is 292 g/mol. The van der Waals surface area contributed by atoms with Crippen LogP contribution in [0.1, 0.15) is 18.9 Å². The van der Waals surface area contributed by atoms with Gasteiger partial charge in [0.25, 0.3) is 0 Å². The van der Waals surface area contributed by atoms with Crippen LogP contribution in [0.4, 0.5) is 14.5 Å². The van der Waals surface area contributed by atoms with Gasteiger partial charge >= 0.3 is 5.97 Å². The molecule has 0 N–H and O–H groups in total. The molecule has 118 valence electrons. The molecule has 1 aliphatic heterocycles. The predicted octanol–water partition coefficient (Wildman–Crippen LogP) is 2.37. The molecule has 1 saturated carbocycles. The van der Waals surface area contributed by atoms with Gasteiger partial charge in [0.05, 0.1) is 23.9 Å². The van der Waals surface area contributed by atoms with Crippen LogP contribution in [0.2, 0.25) is 0 Å². The molecule has 1 aromatic rings. The number of fused-ring (bicyclic) bond motifs is 2. The Morgan fingerprint density at radius 3 is 2.73 bits per heavy atom. The molecule has 2 aliphatic rings. The van der Waals surface area contributed by atoms with E-state index in [4.69, 9.17) is 4.74 Å². The number of amides is 1. The summed E-state index contributed by atoms with van der Waals surface area (Å²) in [4.78, 5) is 26.2. The van der Waals surface area contributed by atoms with Crippen LogP contribution in [-0.2, 0) is 19.7 Å². The smallest absolute Gasteiger partial charge is 0.310 e. The van der Waals surface area contributed by atoms with Crippen molar-refractivity contribution in [1.29, 1.82) is 0 Å². The Hall–Kier alpha value is -1.98. The van der Waals surface area contributed by atoms with Gasteiger partial charge in [-0.1, -0.05) is 25.1 Å². The van der Waals surface area contributed by atoms with Crippen molar-refractivity contribution < 1.29 is 23.1 Å². The highest BCUT2D eigenvalue weighted by molar-refractivity contribution is 6.14. The summed E-state index contributed by atoms with van der Waals surface area (Å²) < 4.78 is 32.0. The number of likely N-dealkylation sites (N-methyl/N-ethyl adjacent to an activating group) is 1. The lowest BCUT2D eigenvalue weighted by molar-refractivity contribution is -0.147. The molecule has 0 aromatic heterocycles. The molecular formula is C16H17F2NO3. The monoisotopic (exact) mass is 309 g/mol. The van der Waals surface area contributed by atoms with Crippen molar-refractivity contribution in [3.8, 4) is 0 Å². The summed E-state index contributed by atoms with van der Waals surface area (Å²) in [5.41, 5.74) is -0.361. The van der Waals surface area contributed by atoms with E-state index in [2.05, 4.69) is 0 Å². The number of esters is 1. The number of halogens is 2. The Bertz CT molecular complexity index is 634. The number of anilines is 1. The maximum absolute atomic E-state index is 13.5. The van der Waals surface area contributed by atoms with E-state index in [-0.39, 0.29) is 6.61 Å². The van der Waals surface area contributed by atoms with Gasteiger partial charge in [0.1, 0.15) is 0 Å². The number of ether oxygens (including phenoxy) is 1. The fourth-order valence-corrected chi connectivity index (χ4v) is 3.62. The molecule has 0 unspecified atom stereocenters. The first kappa shape index (κ1) is 14.9. The molecule has 0 saturated heterocycles. The minimum absolute atomic E-state index is 0.174. The molecule has 3 atom stereocenters. The van der Waals surface area contributed by atoms with E-state index >= 15 is 0 Å². The van der Waals surface area contributed by atoms with Crippen molar-refractivity contribution in [3.05, 3.63) is 29.8 Å². The van der Waals surface area contributed by atoms with Gasteiger partial charge in [0.15, 0.2) is 0 Å². The number of hydrogen-bond donors (Lipinski definition) is 0. The predicted molar refractivity (Wildman–Crippen MR) is 75.8 cm³/mol. The highest BCUT2D eigenvalue weighted by Crippen LogP contribution is 2.68. The topological polar surface area (TPSA) is 46.6 Å². The standard InChI is InChI=1S/C16H17F2NO3/c1-3-8-22-14(20)12-11(13(17)18)16(12)9-6-4-5-7-10(9)19(2)15(16)21/h4-7,11-13H,3,8H2,1-2H3/t11-,12-,16+/m1/s1. The van der Waals surface area contributed by atoms with Crippen molar-refractivity contribution in [2.75, 3.05) is 18.6 Å². The van der Waals surface area contributed by atoms with E-state index in [0.29, 0.717) is 17.7 Å². The molecule has 22 heavy (non-hydrogen) atoms. The number of benzene rings is 1. The minimum Gasteiger partial charge on any atom is -0.465 e. The summed E-state index contributed by atoms with van der Waals surface area (Å²) in [6.07, 6.45) is -2.14. The molecule has 4 nitrogen and oxygen atoms in total. The normalized spacial score (nSPS) is 29.1. The van der Waals surface area contributed by atoms with Crippen molar-refractivity contribution in [3.63, 3.8) is 0 Å². The second-order valence-electron chi connectivity index (χ2n) is 5.76. The molecule has 1 aromatic carbocycles. The van der Waals surface area contributed by atoms with E-state index < -0.39 is 35.6 Å². The van der Waals surface area contributed by atoms with E-state index in [9.17, 15) is 18.4 Å². The maximum atomic E-state index is 13.5. The van der Waals surface area contributed by atoms with Crippen LogP contribution in [-0.4, -0.2) is 32.0 Å². The third-order valence-electron chi connectivity index (χ3n) is 4.61. The molecule has 0 bridgehead atoms. The van der Waals surface area contributed by atoms with Gasteiger partial charge in [-0.2, -0.15) is 0 Å². The Morgan fingerprint density at radius 2 is 2.09 bits per heavy atom. The van der Waals surface area contributed by atoms with Crippen molar-refractivity contribution in [1.82, 2.24) is 0 Å². The number of alkyl halides is 2. The summed E-state index contributed by atoms with van der Waals surface area (Å²) in [5.74, 6) is -3.56. The Morgan fingerprint density at radius 1 is 1.41 bits per heavy atom. The number of carbonyl (C=O) groups excluding carboxylic acids is 2. The van der Waals surface area contributed by atoms with E-state index in [1.165, 1.54) is 4.90 Å². The van der Waals surface area contributed by atoms with Gasteiger partial charge in [-0.15, -0.1) is 0 Å².